The second-order valence-corrected chi connectivity index (χ2v) is 6.46. The lowest BCUT2D eigenvalue weighted by Crippen LogP contribution is -2.25. The number of fused-ring (bicyclic) bond motifs is 1. The van der Waals surface area contributed by atoms with Crippen LogP contribution >= 0.6 is 35.0 Å². The van der Waals surface area contributed by atoms with Crippen molar-refractivity contribution in [1.29, 1.82) is 5.26 Å². The Morgan fingerprint density at radius 2 is 1.90 bits per heavy atom. The summed E-state index contributed by atoms with van der Waals surface area (Å²) in [4.78, 5) is 1.09. The fourth-order valence-corrected chi connectivity index (χ4v) is 3.61. The molecule has 20 heavy (non-hydrogen) atoms. The van der Waals surface area contributed by atoms with Gasteiger partial charge in [0.05, 0.1) is 22.2 Å². The molecule has 1 heterocycles. The van der Waals surface area contributed by atoms with E-state index in [4.69, 9.17) is 23.2 Å². The predicted molar refractivity (Wildman–Crippen MR) is 84.5 cm³/mol. The summed E-state index contributed by atoms with van der Waals surface area (Å²) in [6, 6.07) is 15.7. The van der Waals surface area contributed by atoms with Crippen LogP contribution in [0.4, 0.5) is 5.69 Å². The average Bonchev–Trinajstić information content (AvgIpc) is 2.48. The highest BCUT2D eigenvalue weighted by molar-refractivity contribution is 8.00. The molecule has 1 aliphatic heterocycles. The topological polar surface area (TPSA) is 35.8 Å². The Kier molecular flexibility index (Phi) is 3.80. The smallest absolute Gasteiger partial charge is 0.121 e. The Bertz CT molecular complexity index is 697. The summed E-state index contributed by atoms with van der Waals surface area (Å²) < 4.78 is 0. The van der Waals surface area contributed by atoms with Gasteiger partial charge in [0, 0.05) is 10.6 Å². The molecule has 0 radical (unpaired) electrons. The fourth-order valence-electron chi connectivity index (χ4n) is 2.20. The van der Waals surface area contributed by atoms with Crippen LogP contribution in [0.5, 0.6) is 0 Å². The van der Waals surface area contributed by atoms with Crippen molar-refractivity contribution < 1.29 is 0 Å². The number of hydrogen-bond donors (Lipinski definition) is 1. The highest BCUT2D eigenvalue weighted by atomic mass is 35.5. The van der Waals surface area contributed by atoms with Crippen LogP contribution in [0.2, 0.25) is 10.0 Å². The molecule has 0 saturated carbocycles. The molecule has 0 amide bonds. The van der Waals surface area contributed by atoms with E-state index < -0.39 is 0 Å². The van der Waals surface area contributed by atoms with Gasteiger partial charge < -0.3 is 5.32 Å². The molecule has 0 aromatic heterocycles. The Labute approximate surface area is 131 Å². The van der Waals surface area contributed by atoms with E-state index in [1.165, 1.54) is 0 Å². The van der Waals surface area contributed by atoms with Crippen molar-refractivity contribution in [1.82, 2.24) is 0 Å². The first-order valence-corrected chi connectivity index (χ1v) is 7.69. The summed E-state index contributed by atoms with van der Waals surface area (Å²) in [7, 11) is 0. The van der Waals surface area contributed by atoms with Crippen LogP contribution in [0.3, 0.4) is 0 Å². The van der Waals surface area contributed by atoms with Gasteiger partial charge in [-0.25, -0.2) is 0 Å². The molecule has 1 aliphatic rings. The number of thioether (sulfide) groups is 1. The third kappa shape index (κ3) is 2.47. The van der Waals surface area contributed by atoms with Gasteiger partial charge >= 0.3 is 0 Å². The second kappa shape index (κ2) is 5.57. The molecule has 0 bridgehead atoms. The largest absolute Gasteiger partial charge is 0.375 e. The van der Waals surface area contributed by atoms with Gasteiger partial charge in [0.2, 0.25) is 0 Å². The highest BCUT2D eigenvalue weighted by Gasteiger charge is 2.30. The SMILES string of the molecule is N#CC1Sc2ccccc2NC1c1ccc(Cl)c(Cl)c1. The minimum absolute atomic E-state index is 0.102. The van der Waals surface area contributed by atoms with E-state index >= 15 is 0 Å². The zero-order chi connectivity index (χ0) is 14.1. The molecular weight excluding hydrogens is 311 g/mol. The summed E-state index contributed by atoms with van der Waals surface area (Å²) in [5, 5.41) is 13.6. The number of benzene rings is 2. The molecule has 2 nitrogen and oxygen atoms in total. The Morgan fingerprint density at radius 1 is 1.10 bits per heavy atom. The molecule has 5 heteroatoms. The lowest BCUT2D eigenvalue weighted by molar-refractivity contribution is 0.805. The number of para-hydroxylation sites is 1. The average molecular weight is 321 g/mol. The molecule has 0 saturated heterocycles. The van der Waals surface area contributed by atoms with E-state index in [0.717, 1.165) is 16.1 Å². The van der Waals surface area contributed by atoms with E-state index in [1.807, 2.05) is 36.4 Å². The van der Waals surface area contributed by atoms with E-state index in [-0.39, 0.29) is 11.3 Å². The van der Waals surface area contributed by atoms with E-state index in [0.29, 0.717) is 10.0 Å². The van der Waals surface area contributed by atoms with Gasteiger partial charge in [0.15, 0.2) is 0 Å². The normalized spacial score (nSPS) is 20.6. The number of hydrogen-bond acceptors (Lipinski definition) is 3. The van der Waals surface area contributed by atoms with Gasteiger partial charge in [-0.15, -0.1) is 11.8 Å². The standard InChI is InChI=1S/C15H10Cl2N2S/c16-10-6-5-9(7-11(10)17)15-14(8-18)20-13-4-2-1-3-12(13)19-15/h1-7,14-15,19H. The summed E-state index contributed by atoms with van der Waals surface area (Å²) in [5.41, 5.74) is 2.01. The van der Waals surface area contributed by atoms with Crippen molar-refractivity contribution in [2.45, 2.75) is 16.2 Å². The molecule has 2 aromatic carbocycles. The van der Waals surface area contributed by atoms with Crippen molar-refractivity contribution in [2.24, 2.45) is 0 Å². The highest BCUT2D eigenvalue weighted by Crippen LogP contribution is 2.43. The quantitative estimate of drug-likeness (QED) is 0.789. The Hall–Kier alpha value is -1.34. The maximum Gasteiger partial charge on any atom is 0.121 e. The zero-order valence-corrected chi connectivity index (χ0v) is 12.6. The molecule has 0 fully saturated rings. The maximum atomic E-state index is 9.40. The Balaban J connectivity index is 2.00. The van der Waals surface area contributed by atoms with Crippen LogP contribution in [0.1, 0.15) is 11.6 Å². The number of nitrogens with one attached hydrogen (secondary N) is 1. The van der Waals surface area contributed by atoms with Crippen molar-refractivity contribution in [3.8, 4) is 6.07 Å². The summed E-state index contributed by atoms with van der Waals surface area (Å²) in [5.74, 6) is 0. The molecule has 0 spiro atoms. The van der Waals surface area contributed by atoms with Crippen LogP contribution in [0.25, 0.3) is 0 Å². The van der Waals surface area contributed by atoms with Crippen molar-refractivity contribution in [3.05, 3.63) is 58.1 Å². The third-order valence-electron chi connectivity index (χ3n) is 3.18. The van der Waals surface area contributed by atoms with E-state index in [9.17, 15) is 5.26 Å². The summed E-state index contributed by atoms with van der Waals surface area (Å²) in [6.07, 6.45) is 0. The zero-order valence-electron chi connectivity index (χ0n) is 10.3. The monoisotopic (exact) mass is 320 g/mol. The van der Waals surface area contributed by atoms with E-state index in [2.05, 4.69) is 11.4 Å². The lowest BCUT2D eigenvalue weighted by atomic mass is 10.0. The lowest BCUT2D eigenvalue weighted by Gasteiger charge is -2.30. The number of nitrogens with zero attached hydrogens (tertiary/aromatic N) is 1. The first-order chi connectivity index (χ1) is 9.69. The van der Waals surface area contributed by atoms with Crippen LogP contribution < -0.4 is 5.32 Å². The number of halogens is 2. The van der Waals surface area contributed by atoms with Crippen molar-refractivity contribution >= 4 is 40.7 Å². The molecule has 2 atom stereocenters. The number of anilines is 1. The molecule has 2 unspecified atom stereocenters. The minimum atomic E-state index is -0.206. The Morgan fingerprint density at radius 3 is 2.65 bits per heavy atom. The molecule has 1 N–H and O–H groups in total. The van der Waals surface area contributed by atoms with Gasteiger partial charge in [0.25, 0.3) is 0 Å². The van der Waals surface area contributed by atoms with Crippen LogP contribution in [-0.2, 0) is 0 Å². The van der Waals surface area contributed by atoms with Crippen LogP contribution in [0.15, 0.2) is 47.4 Å². The van der Waals surface area contributed by atoms with Crippen LogP contribution in [-0.4, -0.2) is 5.25 Å². The van der Waals surface area contributed by atoms with Gasteiger partial charge in [-0.1, -0.05) is 41.4 Å². The molecule has 3 rings (SSSR count). The number of nitriles is 1. The first-order valence-electron chi connectivity index (χ1n) is 6.06. The molecule has 0 aliphatic carbocycles. The van der Waals surface area contributed by atoms with Crippen molar-refractivity contribution in [2.75, 3.05) is 5.32 Å². The van der Waals surface area contributed by atoms with Gasteiger partial charge in [-0.2, -0.15) is 5.26 Å². The van der Waals surface area contributed by atoms with Gasteiger partial charge in [-0.05, 0) is 29.8 Å². The molecule has 2 aromatic rings. The van der Waals surface area contributed by atoms with Gasteiger partial charge in [-0.3, -0.25) is 0 Å². The van der Waals surface area contributed by atoms with Crippen molar-refractivity contribution in [3.63, 3.8) is 0 Å². The minimum Gasteiger partial charge on any atom is -0.375 e. The summed E-state index contributed by atoms with van der Waals surface area (Å²) in [6.45, 7) is 0. The van der Waals surface area contributed by atoms with Crippen LogP contribution in [0, 0.1) is 11.3 Å². The van der Waals surface area contributed by atoms with Gasteiger partial charge in [0.1, 0.15) is 5.25 Å². The fraction of sp³-hybridized carbons (Fsp3) is 0.133. The predicted octanol–water partition coefficient (Wildman–Crippen LogP) is 5.14. The first kappa shape index (κ1) is 13.6. The maximum absolute atomic E-state index is 9.40. The van der Waals surface area contributed by atoms with E-state index in [1.54, 1.807) is 17.8 Å². The molecule has 100 valence electrons. The molecular formula is C15H10Cl2N2S. The third-order valence-corrected chi connectivity index (χ3v) is 5.17. The second-order valence-electron chi connectivity index (χ2n) is 4.46. The number of rotatable bonds is 1. The summed E-state index contributed by atoms with van der Waals surface area (Å²) >= 11 is 13.6.